The summed E-state index contributed by atoms with van der Waals surface area (Å²) >= 11 is 0. The molecule has 0 aliphatic carbocycles. The van der Waals surface area contributed by atoms with Gasteiger partial charge in [-0.3, -0.25) is 0 Å². The van der Waals surface area contributed by atoms with E-state index in [1.165, 1.54) is 12.1 Å². The summed E-state index contributed by atoms with van der Waals surface area (Å²) in [5.74, 6) is -2.46. The molecule has 0 radical (unpaired) electrons. The highest BCUT2D eigenvalue weighted by molar-refractivity contribution is 5.88. The smallest absolute Gasteiger partial charge is 0.360 e. The number of carbonyl (C=O) groups is 1. The predicted molar refractivity (Wildman–Crippen MR) is 95.1 cm³/mol. The molecule has 0 N–H and O–H groups in total. The van der Waals surface area contributed by atoms with Crippen molar-refractivity contribution in [3.8, 4) is 22.8 Å². The van der Waals surface area contributed by atoms with Crippen molar-refractivity contribution >= 4 is 5.97 Å². The number of hydrogen-bond acceptors (Lipinski definition) is 6. The molecule has 0 bridgehead atoms. The Morgan fingerprint density at radius 1 is 1.14 bits per heavy atom. The van der Waals surface area contributed by atoms with Crippen LogP contribution in [-0.4, -0.2) is 24.8 Å². The summed E-state index contributed by atoms with van der Waals surface area (Å²) < 4.78 is 49.1. The summed E-state index contributed by atoms with van der Waals surface area (Å²) in [7, 11) is 1.54. The van der Waals surface area contributed by atoms with E-state index in [2.05, 4.69) is 5.16 Å². The molecule has 146 valence electrons. The fourth-order valence-electron chi connectivity index (χ4n) is 2.44. The first kappa shape index (κ1) is 19.3. The summed E-state index contributed by atoms with van der Waals surface area (Å²) in [4.78, 5) is 11.7. The summed E-state index contributed by atoms with van der Waals surface area (Å²) in [6, 6.07) is 10.3. The largest absolute Gasteiger partial charge is 0.497 e. The number of carbonyl (C=O) groups excluding carboxylic acids is 1. The van der Waals surface area contributed by atoms with Gasteiger partial charge in [0.25, 0.3) is 0 Å². The summed E-state index contributed by atoms with van der Waals surface area (Å²) in [5, 5.41) is 3.55. The van der Waals surface area contributed by atoms with Crippen LogP contribution in [0.15, 0.2) is 47.0 Å². The molecule has 3 rings (SSSR count). The Labute approximate surface area is 159 Å². The predicted octanol–water partition coefficient (Wildman–Crippen LogP) is 4.38. The zero-order chi connectivity index (χ0) is 20.1. The lowest BCUT2D eigenvalue weighted by molar-refractivity contribution is 0.0514. The molecule has 28 heavy (non-hydrogen) atoms. The van der Waals surface area contributed by atoms with E-state index in [4.69, 9.17) is 18.7 Å². The quantitative estimate of drug-likeness (QED) is 0.559. The van der Waals surface area contributed by atoms with Gasteiger partial charge in [0.15, 0.2) is 28.8 Å². The average Bonchev–Trinajstić information content (AvgIpc) is 3.18. The summed E-state index contributed by atoms with van der Waals surface area (Å²) in [6.45, 7) is 1.76. The van der Waals surface area contributed by atoms with Gasteiger partial charge in [-0.15, -0.1) is 0 Å². The molecule has 0 spiro atoms. The number of aromatic nitrogens is 1. The molecule has 0 amide bonds. The van der Waals surface area contributed by atoms with E-state index in [-0.39, 0.29) is 30.2 Å². The van der Waals surface area contributed by atoms with Crippen molar-refractivity contribution < 1.29 is 32.3 Å². The van der Waals surface area contributed by atoms with Crippen molar-refractivity contribution in [3.63, 3.8) is 0 Å². The van der Waals surface area contributed by atoms with Crippen LogP contribution in [0.4, 0.5) is 8.78 Å². The van der Waals surface area contributed by atoms with E-state index in [9.17, 15) is 13.6 Å². The van der Waals surface area contributed by atoms with Crippen molar-refractivity contribution in [1.82, 2.24) is 5.16 Å². The van der Waals surface area contributed by atoms with E-state index < -0.39 is 23.4 Å². The number of rotatable bonds is 7. The average molecular weight is 389 g/mol. The molecule has 1 aromatic heterocycles. The minimum Gasteiger partial charge on any atom is -0.497 e. The molecule has 0 aliphatic heterocycles. The number of halogens is 2. The summed E-state index contributed by atoms with van der Waals surface area (Å²) in [6.07, 6.45) is 0. The Bertz CT molecular complexity index is 969. The minimum absolute atomic E-state index is 0.0464. The van der Waals surface area contributed by atoms with E-state index in [0.717, 1.165) is 6.07 Å². The highest BCUT2D eigenvalue weighted by atomic mass is 19.1. The van der Waals surface area contributed by atoms with Crippen LogP contribution in [0.3, 0.4) is 0 Å². The van der Waals surface area contributed by atoms with E-state index in [0.29, 0.717) is 11.3 Å². The zero-order valence-electron chi connectivity index (χ0n) is 15.2. The number of esters is 1. The normalized spacial score (nSPS) is 10.6. The van der Waals surface area contributed by atoms with Crippen LogP contribution in [-0.2, 0) is 11.3 Å². The molecular formula is C20H17F2NO5. The van der Waals surface area contributed by atoms with Crippen LogP contribution in [0, 0.1) is 11.6 Å². The van der Waals surface area contributed by atoms with E-state index >= 15 is 0 Å². The van der Waals surface area contributed by atoms with Gasteiger partial charge >= 0.3 is 5.97 Å². The van der Waals surface area contributed by atoms with Crippen molar-refractivity contribution in [3.05, 3.63) is 65.4 Å². The Kier molecular flexibility index (Phi) is 5.88. The molecule has 0 unspecified atom stereocenters. The van der Waals surface area contributed by atoms with E-state index in [1.54, 1.807) is 38.3 Å². The maximum absolute atomic E-state index is 14.8. The van der Waals surface area contributed by atoms with Gasteiger partial charge in [0.05, 0.1) is 19.3 Å². The van der Waals surface area contributed by atoms with Gasteiger partial charge in [-0.1, -0.05) is 17.3 Å². The molecule has 0 fully saturated rings. The lowest BCUT2D eigenvalue weighted by Crippen LogP contribution is -2.04. The number of hydrogen-bond donors (Lipinski definition) is 0. The molecule has 3 aromatic rings. The molecule has 0 saturated heterocycles. The molecule has 0 aliphatic rings. The van der Waals surface area contributed by atoms with Crippen LogP contribution in [0.5, 0.6) is 11.5 Å². The number of methoxy groups -OCH3 is 1. The van der Waals surface area contributed by atoms with Crippen molar-refractivity contribution in [1.29, 1.82) is 0 Å². The van der Waals surface area contributed by atoms with E-state index in [1.807, 2.05) is 0 Å². The van der Waals surface area contributed by atoms with Crippen LogP contribution < -0.4 is 9.47 Å². The number of nitrogens with zero attached hydrogens (tertiary/aromatic N) is 1. The maximum Gasteiger partial charge on any atom is 0.360 e. The second-order valence-electron chi connectivity index (χ2n) is 5.67. The van der Waals surface area contributed by atoms with Crippen molar-refractivity contribution in [2.45, 2.75) is 13.5 Å². The molecule has 0 atom stereocenters. The molecule has 0 saturated carbocycles. The second-order valence-corrected chi connectivity index (χ2v) is 5.67. The standard InChI is InChI=1S/C20H17F2NO5/c1-3-26-20(24)16-10-17(28-23-16)14-8-9-15(21)19(18(14)22)27-11-12-4-6-13(25-2)7-5-12/h4-10H,3,11H2,1-2H3. The third kappa shape index (κ3) is 4.11. The first-order chi connectivity index (χ1) is 13.5. The van der Waals surface area contributed by atoms with Gasteiger partial charge < -0.3 is 18.7 Å². The molecule has 2 aromatic carbocycles. The summed E-state index contributed by atoms with van der Waals surface area (Å²) in [5.41, 5.74) is 0.504. The monoisotopic (exact) mass is 389 g/mol. The number of benzene rings is 2. The third-order valence-electron chi connectivity index (χ3n) is 3.85. The topological polar surface area (TPSA) is 70.8 Å². The zero-order valence-corrected chi connectivity index (χ0v) is 15.2. The minimum atomic E-state index is -0.958. The second kappa shape index (κ2) is 8.51. The lowest BCUT2D eigenvalue weighted by atomic mass is 10.1. The van der Waals surface area contributed by atoms with Gasteiger partial charge in [0.1, 0.15) is 12.4 Å². The van der Waals surface area contributed by atoms with Gasteiger partial charge in [-0.05, 0) is 36.8 Å². The maximum atomic E-state index is 14.8. The fraction of sp³-hybridized carbons (Fsp3) is 0.200. The van der Waals surface area contributed by atoms with Crippen molar-refractivity contribution in [2.24, 2.45) is 0 Å². The Hall–Kier alpha value is -3.42. The number of ether oxygens (including phenoxy) is 3. The van der Waals surface area contributed by atoms with Crippen LogP contribution in [0.1, 0.15) is 23.0 Å². The van der Waals surface area contributed by atoms with Gasteiger partial charge in [-0.25, -0.2) is 13.6 Å². The van der Waals surface area contributed by atoms with Crippen LogP contribution >= 0.6 is 0 Å². The Balaban J connectivity index is 1.82. The molecule has 8 heteroatoms. The highest BCUT2D eigenvalue weighted by Crippen LogP contribution is 2.32. The Morgan fingerprint density at radius 3 is 2.57 bits per heavy atom. The van der Waals surface area contributed by atoms with Crippen LogP contribution in [0.25, 0.3) is 11.3 Å². The Morgan fingerprint density at radius 2 is 1.89 bits per heavy atom. The highest BCUT2D eigenvalue weighted by Gasteiger charge is 2.21. The molecule has 1 heterocycles. The molecule has 6 nitrogen and oxygen atoms in total. The van der Waals surface area contributed by atoms with Crippen molar-refractivity contribution in [2.75, 3.05) is 13.7 Å². The SMILES string of the molecule is CCOC(=O)c1cc(-c2ccc(F)c(OCc3ccc(OC)cc3)c2F)on1. The fourth-order valence-corrected chi connectivity index (χ4v) is 2.44. The first-order valence-corrected chi connectivity index (χ1v) is 8.41. The third-order valence-corrected chi connectivity index (χ3v) is 3.85. The first-order valence-electron chi connectivity index (χ1n) is 8.41. The lowest BCUT2D eigenvalue weighted by Gasteiger charge is -2.10. The van der Waals surface area contributed by atoms with Gasteiger partial charge in [0.2, 0.25) is 0 Å². The van der Waals surface area contributed by atoms with Crippen LogP contribution in [0.2, 0.25) is 0 Å². The van der Waals surface area contributed by atoms with Gasteiger partial charge in [0, 0.05) is 6.07 Å². The van der Waals surface area contributed by atoms with Gasteiger partial charge in [-0.2, -0.15) is 0 Å². The molecular weight excluding hydrogens is 372 g/mol.